The topological polar surface area (TPSA) is 26.3 Å². The Morgan fingerprint density at radius 3 is 2.57 bits per heavy atom. The molecule has 0 N–H and O–H groups in total. The summed E-state index contributed by atoms with van der Waals surface area (Å²) in [4.78, 5) is 11.6. The molecule has 0 aromatic carbocycles. The monoisotopic (exact) mass is 188 g/mol. The van der Waals surface area contributed by atoms with E-state index in [2.05, 4.69) is 0 Å². The van der Waals surface area contributed by atoms with Gasteiger partial charge in [0.2, 0.25) is 0 Å². The van der Waals surface area contributed by atoms with E-state index in [9.17, 15) is 4.79 Å². The average molecular weight is 188 g/mol. The van der Waals surface area contributed by atoms with Crippen molar-refractivity contribution in [1.29, 1.82) is 0 Å². The van der Waals surface area contributed by atoms with Crippen LogP contribution in [-0.2, 0) is 9.53 Å². The van der Waals surface area contributed by atoms with Crippen LogP contribution < -0.4 is 0 Å². The van der Waals surface area contributed by atoms with Crippen LogP contribution in [0.3, 0.4) is 0 Å². The van der Waals surface area contributed by atoms with Crippen LogP contribution in [0.2, 0.25) is 0 Å². The predicted molar refractivity (Wildman–Crippen MR) is 54.8 cm³/mol. The van der Waals surface area contributed by atoms with Gasteiger partial charge in [-0.2, -0.15) is 0 Å². The maximum atomic E-state index is 11.6. The summed E-state index contributed by atoms with van der Waals surface area (Å²) < 4.78 is 4.83. The zero-order valence-corrected chi connectivity index (χ0v) is 8.38. The van der Waals surface area contributed by atoms with Crippen LogP contribution in [0.25, 0.3) is 0 Å². The number of carbonyl (C=O) groups is 1. The molecule has 2 rings (SSSR count). The van der Waals surface area contributed by atoms with Crippen molar-refractivity contribution < 1.29 is 9.53 Å². The van der Waals surface area contributed by atoms with Gasteiger partial charge in [-0.25, -0.2) is 0 Å². The van der Waals surface area contributed by atoms with Gasteiger partial charge in [0.25, 0.3) is 0 Å². The van der Waals surface area contributed by atoms with Gasteiger partial charge in [-0.15, -0.1) is 5.47 Å². The lowest BCUT2D eigenvalue weighted by atomic mass is 9.81. The Balaban J connectivity index is 2.20. The van der Waals surface area contributed by atoms with Gasteiger partial charge in [-0.3, -0.25) is 4.79 Å². The highest BCUT2D eigenvalue weighted by atomic mass is 16.5. The van der Waals surface area contributed by atoms with Crippen LogP contribution in [0.15, 0.2) is 23.2 Å². The molecular weight excluding hydrogens is 175 g/mol. The summed E-state index contributed by atoms with van der Waals surface area (Å²) in [7, 11) is 7.12. The van der Waals surface area contributed by atoms with Gasteiger partial charge in [0.05, 0.1) is 12.5 Å². The summed E-state index contributed by atoms with van der Waals surface area (Å²) >= 11 is 0. The summed E-state index contributed by atoms with van der Waals surface area (Å²) in [6.45, 7) is 0. The van der Waals surface area contributed by atoms with E-state index >= 15 is 0 Å². The van der Waals surface area contributed by atoms with Crippen molar-refractivity contribution in [3.8, 4) is 0 Å². The minimum Gasteiger partial charge on any atom is -0.468 e. The van der Waals surface area contributed by atoms with Crippen molar-refractivity contribution >= 4 is 13.8 Å². The predicted octanol–water partition coefficient (Wildman–Crippen LogP) is 1.71. The average Bonchev–Trinajstić information content (AvgIpc) is 2.99. The van der Waals surface area contributed by atoms with Crippen molar-refractivity contribution in [2.24, 2.45) is 5.41 Å². The third-order valence-electron chi connectivity index (χ3n) is 3.12. The van der Waals surface area contributed by atoms with Gasteiger partial charge in [0.15, 0.2) is 0 Å². The summed E-state index contributed by atoms with van der Waals surface area (Å²) in [5.74, 6) is -0.0855. The first-order chi connectivity index (χ1) is 6.69. The standard InChI is InChI=1S/C11H13BO2/c1-14-10(13)11(6-7-11)8-2-4-9(12)5-3-8/h2,4H,3,5-7H2,1H3. The van der Waals surface area contributed by atoms with Crippen molar-refractivity contribution in [2.75, 3.05) is 7.11 Å². The maximum Gasteiger partial charge on any atom is 0.315 e. The van der Waals surface area contributed by atoms with E-state index in [-0.39, 0.29) is 11.4 Å². The smallest absolute Gasteiger partial charge is 0.315 e. The first-order valence-electron chi connectivity index (χ1n) is 4.93. The van der Waals surface area contributed by atoms with E-state index in [0.717, 1.165) is 31.2 Å². The zero-order chi connectivity index (χ0) is 10.2. The molecule has 2 nitrogen and oxygen atoms in total. The van der Waals surface area contributed by atoms with Crippen LogP contribution in [0.5, 0.6) is 0 Å². The molecule has 0 saturated heterocycles. The van der Waals surface area contributed by atoms with E-state index in [0.29, 0.717) is 0 Å². The van der Waals surface area contributed by atoms with E-state index < -0.39 is 0 Å². The maximum absolute atomic E-state index is 11.6. The largest absolute Gasteiger partial charge is 0.468 e. The molecule has 0 bridgehead atoms. The second-order valence-electron chi connectivity index (χ2n) is 4.01. The fraction of sp³-hybridized carbons (Fsp3) is 0.545. The molecule has 0 amide bonds. The lowest BCUT2D eigenvalue weighted by molar-refractivity contribution is -0.145. The van der Waals surface area contributed by atoms with E-state index in [1.807, 2.05) is 12.2 Å². The second-order valence-corrected chi connectivity index (χ2v) is 4.01. The number of methoxy groups -OCH3 is 1. The fourth-order valence-electron chi connectivity index (χ4n) is 2.03. The number of allylic oxidation sites excluding steroid dienone is 3. The van der Waals surface area contributed by atoms with Gasteiger partial charge < -0.3 is 4.74 Å². The molecule has 2 aliphatic rings. The van der Waals surface area contributed by atoms with Crippen LogP contribution in [-0.4, -0.2) is 20.9 Å². The molecule has 3 heteroatoms. The number of carbonyl (C=O) groups excluding carboxylic acids is 1. The fourth-order valence-corrected chi connectivity index (χ4v) is 2.03. The van der Waals surface area contributed by atoms with Gasteiger partial charge in [0.1, 0.15) is 7.85 Å². The summed E-state index contributed by atoms with van der Waals surface area (Å²) in [5.41, 5.74) is 1.80. The quantitative estimate of drug-likeness (QED) is 0.487. The molecule has 0 heterocycles. The Morgan fingerprint density at radius 2 is 2.14 bits per heavy atom. The minimum absolute atomic E-state index is 0.0855. The molecule has 0 spiro atoms. The normalized spacial score (nSPS) is 23.5. The molecule has 0 aromatic heterocycles. The molecule has 0 atom stereocenters. The molecule has 72 valence electrons. The molecule has 14 heavy (non-hydrogen) atoms. The molecule has 1 fully saturated rings. The molecule has 0 aliphatic heterocycles. The molecule has 0 aromatic rings. The van der Waals surface area contributed by atoms with E-state index in [4.69, 9.17) is 12.6 Å². The molecule has 1 saturated carbocycles. The van der Waals surface area contributed by atoms with Crippen LogP contribution in [0, 0.1) is 5.41 Å². The second kappa shape index (κ2) is 3.30. The number of hydrogen-bond acceptors (Lipinski definition) is 2. The Labute approximate surface area is 85.4 Å². The highest BCUT2D eigenvalue weighted by Gasteiger charge is 2.53. The molecule has 2 radical (unpaired) electrons. The van der Waals surface area contributed by atoms with Gasteiger partial charge in [0, 0.05) is 0 Å². The third kappa shape index (κ3) is 1.41. The van der Waals surface area contributed by atoms with Crippen LogP contribution in [0.4, 0.5) is 0 Å². The van der Waals surface area contributed by atoms with Gasteiger partial charge >= 0.3 is 5.97 Å². The number of rotatable bonds is 2. The highest BCUT2D eigenvalue weighted by Crippen LogP contribution is 2.54. The number of ether oxygens (including phenoxy) is 1. The Bertz CT molecular complexity index is 324. The number of esters is 1. The summed E-state index contributed by atoms with van der Waals surface area (Å²) in [5, 5.41) is 0. The van der Waals surface area contributed by atoms with Crippen molar-refractivity contribution in [3.05, 3.63) is 23.2 Å². The first-order valence-corrected chi connectivity index (χ1v) is 4.93. The molecule has 0 unspecified atom stereocenters. The Kier molecular flexibility index (Phi) is 2.26. The van der Waals surface area contributed by atoms with Crippen LogP contribution >= 0.6 is 0 Å². The van der Waals surface area contributed by atoms with E-state index in [1.165, 1.54) is 12.7 Å². The molecular formula is C11H13BO2. The van der Waals surface area contributed by atoms with Gasteiger partial charge in [-0.05, 0) is 25.7 Å². The van der Waals surface area contributed by atoms with Crippen molar-refractivity contribution in [1.82, 2.24) is 0 Å². The lowest BCUT2D eigenvalue weighted by Crippen LogP contribution is -2.20. The Hall–Kier alpha value is -0.985. The minimum atomic E-state index is -0.286. The number of hydrogen-bond donors (Lipinski definition) is 0. The van der Waals surface area contributed by atoms with Crippen molar-refractivity contribution in [2.45, 2.75) is 25.7 Å². The SMILES string of the molecule is [B]C1=CC=C(C2(C(=O)OC)CC2)CC1. The Morgan fingerprint density at radius 1 is 1.43 bits per heavy atom. The van der Waals surface area contributed by atoms with Crippen molar-refractivity contribution in [3.63, 3.8) is 0 Å². The highest BCUT2D eigenvalue weighted by molar-refractivity contribution is 6.21. The summed E-state index contributed by atoms with van der Waals surface area (Å²) in [6, 6.07) is 0. The summed E-state index contributed by atoms with van der Waals surface area (Å²) in [6.07, 6.45) is 7.52. The van der Waals surface area contributed by atoms with Gasteiger partial charge in [-0.1, -0.05) is 17.7 Å². The lowest BCUT2D eigenvalue weighted by Gasteiger charge is -2.19. The van der Waals surface area contributed by atoms with Crippen LogP contribution in [0.1, 0.15) is 25.7 Å². The van der Waals surface area contributed by atoms with E-state index in [1.54, 1.807) is 0 Å². The zero-order valence-electron chi connectivity index (χ0n) is 8.38. The third-order valence-corrected chi connectivity index (χ3v) is 3.12. The molecule has 2 aliphatic carbocycles. The first kappa shape index (κ1) is 9.57.